The number of carbonyl (C=O) groups excluding carboxylic acids is 1. The van der Waals surface area contributed by atoms with E-state index in [4.69, 9.17) is 4.74 Å². The van der Waals surface area contributed by atoms with Crippen molar-refractivity contribution in [1.82, 2.24) is 4.90 Å². The van der Waals surface area contributed by atoms with E-state index in [1.54, 1.807) is 12.1 Å². The van der Waals surface area contributed by atoms with Crippen LogP contribution in [-0.4, -0.2) is 41.7 Å². The maximum absolute atomic E-state index is 11.2. The van der Waals surface area contributed by atoms with E-state index in [-0.39, 0.29) is 12.5 Å². The van der Waals surface area contributed by atoms with E-state index < -0.39 is 6.10 Å². The molecule has 132 valence electrons. The van der Waals surface area contributed by atoms with Gasteiger partial charge in [0.2, 0.25) is 5.91 Å². The molecule has 0 saturated heterocycles. The third-order valence-electron chi connectivity index (χ3n) is 4.31. The molecule has 0 saturated carbocycles. The van der Waals surface area contributed by atoms with Gasteiger partial charge in [0.25, 0.3) is 0 Å². The van der Waals surface area contributed by atoms with Gasteiger partial charge >= 0.3 is 0 Å². The summed E-state index contributed by atoms with van der Waals surface area (Å²) < 4.78 is 5.72. The SMILES string of the molecule is CC(=O)Nc1ccccc1OCC(O)CN1CCc2ccccc2C1. The number of anilines is 1. The van der Waals surface area contributed by atoms with Crippen molar-refractivity contribution in [2.45, 2.75) is 26.0 Å². The third kappa shape index (κ3) is 4.81. The van der Waals surface area contributed by atoms with Crippen LogP contribution in [0.5, 0.6) is 5.75 Å². The molecular weight excluding hydrogens is 316 g/mol. The van der Waals surface area contributed by atoms with Crippen molar-refractivity contribution in [3.8, 4) is 5.75 Å². The quantitative estimate of drug-likeness (QED) is 0.848. The minimum Gasteiger partial charge on any atom is -0.489 e. The molecular formula is C20H24N2O3. The van der Waals surface area contributed by atoms with Gasteiger partial charge in [-0.3, -0.25) is 9.69 Å². The topological polar surface area (TPSA) is 61.8 Å². The Kier molecular flexibility index (Phi) is 5.68. The van der Waals surface area contributed by atoms with E-state index in [1.165, 1.54) is 18.1 Å². The van der Waals surface area contributed by atoms with Crippen molar-refractivity contribution in [1.29, 1.82) is 0 Å². The van der Waals surface area contributed by atoms with Crippen molar-refractivity contribution in [3.63, 3.8) is 0 Å². The highest BCUT2D eigenvalue weighted by Gasteiger charge is 2.19. The van der Waals surface area contributed by atoms with Crippen LogP contribution in [0.1, 0.15) is 18.1 Å². The minimum atomic E-state index is -0.587. The number of amides is 1. The van der Waals surface area contributed by atoms with Crippen LogP contribution in [0.2, 0.25) is 0 Å². The van der Waals surface area contributed by atoms with Crippen molar-refractivity contribution >= 4 is 11.6 Å². The predicted octanol–water partition coefficient (Wildman–Crippen LogP) is 2.44. The molecule has 0 bridgehead atoms. The molecule has 1 aliphatic heterocycles. The molecule has 5 heteroatoms. The molecule has 0 aromatic heterocycles. The van der Waals surface area contributed by atoms with E-state index in [0.29, 0.717) is 18.0 Å². The van der Waals surface area contributed by atoms with Crippen LogP contribution in [0.15, 0.2) is 48.5 Å². The normalized spacial score (nSPS) is 15.3. The zero-order valence-electron chi connectivity index (χ0n) is 14.4. The summed E-state index contributed by atoms with van der Waals surface area (Å²) in [6.45, 7) is 4.01. The van der Waals surface area contributed by atoms with Gasteiger partial charge in [0.05, 0.1) is 5.69 Å². The van der Waals surface area contributed by atoms with Gasteiger partial charge in [-0.2, -0.15) is 0 Å². The number of rotatable bonds is 6. The molecule has 3 rings (SSSR count). The van der Waals surface area contributed by atoms with Gasteiger partial charge in [-0.05, 0) is 29.7 Å². The van der Waals surface area contributed by atoms with Crippen LogP contribution >= 0.6 is 0 Å². The average Bonchev–Trinajstić information content (AvgIpc) is 2.60. The van der Waals surface area contributed by atoms with Gasteiger partial charge in [-0.15, -0.1) is 0 Å². The summed E-state index contributed by atoms with van der Waals surface area (Å²) in [5, 5.41) is 13.1. The van der Waals surface area contributed by atoms with E-state index in [1.807, 2.05) is 12.1 Å². The fraction of sp³-hybridized carbons (Fsp3) is 0.350. The fourth-order valence-corrected chi connectivity index (χ4v) is 3.13. The van der Waals surface area contributed by atoms with Gasteiger partial charge in [0.15, 0.2) is 0 Å². The predicted molar refractivity (Wildman–Crippen MR) is 97.7 cm³/mol. The number of aliphatic hydroxyl groups is 1. The number of nitrogens with one attached hydrogen (secondary N) is 1. The molecule has 1 unspecified atom stereocenters. The maximum Gasteiger partial charge on any atom is 0.221 e. The second kappa shape index (κ2) is 8.14. The molecule has 1 heterocycles. The summed E-state index contributed by atoms with van der Waals surface area (Å²) in [5.74, 6) is 0.421. The second-order valence-corrected chi connectivity index (χ2v) is 6.40. The highest BCUT2D eigenvalue weighted by molar-refractivity contribution is 5.90. The van der Waals surface area contributed by atoms with Crippen LogP contribution < -0.4 is 10.1 Å². The Hall–Kier alpha value is -2.37. The first-order valence-electron chi connectivity index (χ1n) is 8.58. The third-order valence-corrected chi connectivity index (χ3v) is 4.31. The fourth-order valence-electron chi connectivity index (χ4n) is 3.13. The molecule has 1 amide bonds. The van der Waals surface area contributed by atoms with E-state index in [0.717, 1.165) is 19.5 Å². The number of β-amino-alcohol motifs (C(OH)–C–C–N with tert-alkyl or cyclic N) is 1. The van der Waals surface area contributed by atoms with Gasteiger partial charge in [-0.25, -0.2) is 0 Å². The molecule has 25 heavy (non-hydrogen) atoms. The van der Waals surface area contributed by atoms with Crippen LogP contribution in [-0.2, 0) is 17.8 Å². The van der Waals surface area contributed by atoms with Crippen LogP contribution in [0.4, 0.5) is 5.69 Å². The van der Waals surface area contributed by atoms with Crippen molar-refractivity contribution in [2.24, 2.45) is 0 Å². The Balaban J connectivity index is 1.52. The number of fused-ring (bicyclic) bond motifs is 1. The lowest BCUT2D eigenvalue weighted by atomic mass is 10.00. The lowest BCUT2D eigenvalue weighted by molar-refractivity contribution is -0.114. The smallest absolute Gasteiger partial charge is 0.221 e. The number of para-hydroxylation sites is 2. The van der Waals surface area contributed by atoms with E-state index in [2.05, 4.69) is 34.5 Å². The number of carbonyl (C=O) groups is 1. The molecule has 2 aromatic carbocycles. The number of aliphatic hydroxyl groups excluding tert-OH is 1. The first-order chi connectivity index (χ1) is 12.1. The highest BCUT2D eigenvalue weighted by atomic mass is 16.5. The highest BCUT2D eigenvalue weighted by Crippen LogP contribution is 2.24. The number of hydrogen-bond acceptors (Lipinski definition) is 4. The second-order valence-electron chi connectivity index (χ2n) is 6.40. The zero-order valence-corrected chi connectivity index (χ0v) is 14.4. The van der Waals surface area contributed by atoms with Gasteiger partial charge < -0.3 is 15.2 Å². The van der Waals surface area contributed by atoms with Crippen LogP contribution in [0.25, 0.3) is 0 Å². The molecule has 0 aliphatic carbocycles. The van der Waals surface area contributed by atoms with Crippen molar-refractivity contribution in [3.05, 3.63) is 59.7 Å². The number of benzene rings is 2. The van der Waals surface area contributed by atoms with Crippen molar-refractivity contribution < 1.29 is 14.6 Å². The molecule has 1 aliphatic rings. The molecule has 2 aromatic rings. The Morgan fingerprint density at radius 1 is 1.20 bits per heavy atom. The van der Waals surface area contributed by atoms with Gasteiger partial charge in [0, 0.05) is 26.6 Å². The van der Waals surface area contributed by atoms with Crippen LogP contribution in [0, 0.1) is 0 Å². The number of hydrogen-bond donors (Lipinski definition) is 2. The minimum absolute atomic E-state index is 0.149. The first-order valence-corrected chi connectivity index (χ1v) is 8.58. The Labute approximate surface area is 148 Å². The standard InChI is InChI=1S/C20H24N2O3/c1-15(23)21-19-8-4-5-9-20(19)25-14-18(24)13-22-11-10-16-6-2-3-7-17(16)12-22/h2-9,18,24H,10-14H2,1H3,(H,21,23). The average molecular weight is 340 g/mol. The largest absolute Gasteiger partial charge is 0.489 e. The molecule has 0 radical (unpaired) electrons. The van der Waals surface area contributed by atoms with Gasteiger partial charge in [-0.1, -0.05) is 36.4 Å². The van der Waals surface area contributed by atoms with Crippen molar-refractivity contribution in [2.75, 3.05) is 25.0 Å². The summed E-state index contributed by atoms with van der Waals surface area (Å²) in [5.41, 5.74) is 3.35. The monoisotopic (exact) mass is 340 g/mol. The molecule has 0 spiro atoms. The molecule has 5 nitrogen and oxygen atoms in total. The summed E-state index contributed by atoms with van der Waals surface area (Å²) in [6.07, 6.45) is 0.422. The zero-order chi connectivity index (χ0) is 17.6. The van der Waals surface area contributed by atoms with Crippen LogP contribution in [0.3, 0.4) is 0 Å². The Morgan fingerprint density at radius 3 is 2.72 bits per heavy atom. The summed E-state index contributed by atoms with van der Waals surface area (Å²) in [4.78, 5) is 13.5. The maximum atomic E-state index is 11.2. The molecule has 2 N–H and O–H groups in total. The Bertz CT molecular complexity index is 732. The summed E-state index contributed by atoms with van der Waals surface area (Å²) in [7, 11) is 0. The Morgan fingerprint density at radius 2 is 1.92 bits per heavy atom. The number of nitrogens with zero attached hydrogens (tertiary/aromatic N) is 1. The number of ether oxygens (including phenoxy) is 1. The summed E-state index contributed by atoms with van der Waals surface area (Å²) >= 11 is 0. The lowest BCUT2D eigenvalue weighted by Gasteiger charge is -2.30. The van der Waals surface area contributed by atoms with E-state index >= 15 is 0 Å². The van der Waals surface area contributed by atoms with Gasteiger partial charge in [0.1, 0.15) is 18.5 Å². The van der Waals surface area contributed by atoms with E-state index in [9.17, 15) is 9.90 Å². The molecule has 1 atom stereocenters. The molecule has 0 fully saturated rings. The summed E-state index contributed by atoms with van der Waals surface area (Å²) in [6, 6.07) is 15.7. The first kappa shape index (κ1) is 17.5. The lowest BCUT2D eigenvalue weighted by Crippen LogP contribution is -2.38.